The van der Waals surface area contributed by atoms with E-state index in [9.17, 15) is 22.4 Å². The number of anilines is 1. The second kappa shape index (κ2) is 13.4. The van der Waals surface area contributed by atoms with E-state index >= 15 is 0 Å². The third kappa shape index (κ3) is 7.59. The lowest BCUT2D eigenvalue weighted by Crippen LogP contribution is -2.53. The fourth-order valence-corrected chi connectivity index (χ4v) is 5.62. The van der Waals surface area contributed by atoms with Crippen molar-refractivity contribution in [1.29, 1.82) is 0 Å². The molecule has 3 aromatic rings. The Labute approximate surface area is 235 Å². The minimum atomic E-state index is -4.19. The monoisotopic (exact) mass is 569 g/mol. The van der Waals surface area contributed by atoms with Gasteiger partial charge in [-0.2, -0.15) is 0 Å². The highest BCUT2D eigenvalue weighted by Gasteiger charge is 2.33. The smallest absolute Gasteiger partial charge is 0.264 e. The van der Waals surface area contributed by atoms with Gasteiger partial charge in [0.2, 0.25) is 11.8 Å². The maximum absolute atomic E-state index is 14.0. The Balaban J connectivity index is 2.05. The number of methoxy groups -OCH3 is 1. The van der Waals surface area contributed by atoms with Crippen molar-refractivity contribution < 1.29 is 27.1 Å². The molecule has 0 unspecified atom stereocenters. The third-order valence-corrected chi connectivity index (χ3v) is 8.12. The van der Waals surface area contributed by atoms with Crippen LogP contribution in [0.2, 0.25) is 0 Å². The summed E-state index contributed by atoms with van der Waals surface area (Å²) in [5.41, 5.74) is 1.83. The second-order valence-electron chi connectivity index (χ2n) is 9.76. The zero-order chi connectivity index (χ0) is 29.4. The van der Waals surface area contributed by atoms with E-state index in [1.807, 2.05) is 20.8 Å². The molecular formula is C30H36FN3O5S. The maximum atomic E-state index is 14.0. The van der Waals surface area contributed by atoms with Crippen molar-refractivity contribution in [3.05, 3.63) is 89.7 Å². The highest BCUT2D eigenvalue weighted by Crippen LogP contribution is 2.26. The summed E-state index contributed by atoms with van der Waals surface area (Å²) in [6.07, 6.45) is 0.293. The van der Waals surface area contributed by atoms with E-state index in [0.29, 0.717) is 23.4 Å². The molecule has 3 rings (SSSR count). The van der Waals surface area contributed by atoms with Crippen LogP contribution in [-0.4, -0.2) is 50.9 Å². The van der Waals surface area contributed by atoms with Gasteiger partial charge >= 0.3 is 0 Å². The van der Waals surface area contributed by atoms with Crippen molar-refractivity contribution in [2.45, 2.75) is 57.6 Å². The standard InChI is InChI=1S/C30H36FN3O5S/c1-6-28(30(36)32-21(2)3)33(19-23-9-11-24(31)12-10-23)29(35)20-34(25-13-7-22(4)8-14-25)40(37,38)27-17-15-26(39-5)16-18-27/h7-18,21,28H,6,19-20H2,1-5H3,(H,32,36)/t28-/m0/s1. The van der Waals surface area contributed by atoms with E-state index in [4.69, 9.17) is 4.74 Å². The van der Waals surface area contributed by atoms with Crippen LogP contribution in [0.25, 0.3) is 0 Å². The Morgan fingerprint density at radius 1 is 0.950 bits per heavy atom. The van der Waals surface area contributed by atoms with Crippen LogP contribution in [0.3, 0.4) is 0 Å². The molecule has 40 heavy (non-hydrogen) atoms. The van der Waals surface area contributed by atoms with Crippen molar-refractivity contribution in [2.24, 2.45) is 0 Å². The normalized spacial score (nSPS) is 12.1. The van der Waals surface area contributed by atoms with E-state index in [0.717, 1.165) is 9.87 Å². The number of carbonyl (C=O) groups excluding carboxylic acids is 2. The summed E-state index contributed by atoms with van der Waals surface area (Å²) in [5.74, 6) is -0.868. The third-order valence-electron chi connectivity index (χ3n) is 6.33. The zero-order valence-corrected chi connectivity index (χ0v) is 24.2. The second-order valence-corrected chi connectivity index (χ2v) is 11.6. The van der Waals surface area contributed by atoms with E-state index in [2.05, 4.69) is 5.32 Å². The summed E-state index contributed by atoms with van der Waals surface area (Å²) in [6, 6.07) is 17.3. The number of benzene rings is 3. The molecule has 0 saturated carbocycles. The number of amides is 2. The fourth-order valence-electron chi connectivity index (χ4n) is 4.20. The highest BCUT2D eigenvalue weighted by molar-refractivity contribution is 7.92. The van der Waals surface area contributed by atoms with Crippen LogP contribution in [0.1, 0.15) is 38.3 Å². The topological polar surface area (TPSA) is 96.0 Å². The minimum Gasteiger partial charge on any atom is -0.497 e. The maximum Gasteiger partial charge on any atom is 0.264 e. The molecule has 0 spiro atoms. The lowest BCUT2D eigenvalue weighted by Gasteiger charge is -2.33. The molecular weight excluding hydrogens is 533 g/mol. The number of nitrogens with zero attached hydrogens (tertiary/aromatic N) is 2. The molecule has 0 radical (unpaired) electrons. The molecule has 0 aliphatic rings. The molecule has 8 nitrogen and oxygen atoms in total. The first-order valence-corrected chi connectivity index (χ1v) is 14.5. The predicted molar refractivity (Wildman–Crippen MR) is 153 cm³/mol. The summed E-state index contributed by atoms with van der Waals surface area (Å²) in [4.78, 5) is 28.5. The molecule has 0 heterocycles. The van der Waals surface area contributed by atoms with E-state index in [-0.39, 0.29) is 23.4 Å². The summed E-state index contributed by atoms with van der Waals surface area (Å²) in [5, 5.41) is 2.85. The number of carbonyl (C=O) groups is 2. The van der Waals surface area contributed by atoms with Gasteiger partial charge in [0.05, 0.1) is 17.7 Å². The van der Waals surface area contributed by atoms with Gasteiger partial charge in [-0.3, -0.25) is 13.9 Å². The number of sulfonamides is 1. The molecule has 0 aromatic heterocycles. The average molecular weight is 570 g/mol. The summed E-state index contributed by atoms with van der Waals surface area (Å²) >= 11 is 0. The van der Waals surface area contributed by atoms with Crippen LogP contribution >= 0.6 is 0 Å². The van der Waals surface area contributed by atoms with Gasteiger partial charge in [0.1, 0.15) is 24.2 Å². The molecule has 0 aliphatic carbocycles. The molecule has 0 aliphatic heterocycles. The first-order chi connectivity index (χ1) is 19.0. The van der Waals surface area contributed by atoms with Gasteiger partial charge in [0, 0.05) is 12.6 Å². The number of hydrogen-bond acceptors (Lipinski definition) is 5. The lowest BCUT2D eigenvalue weighted by molar-refractivity contribution is -0.140. The first kappa shape index (κ1) is 30.6. The minimum absolute atomic E-state index is 0.00649. The van der Waals surface area contributed by atoms with Crippen molar-refractivity contribution in [3.63, 3.8) is 0 Å². The van der Waals surface area contributed by atoms with Gasteiger partial charge in [-0.15, -0.1) is 0 Å². The largest absolute Gasteiger partial charge is 0.497 e. The molecule has 214 valence electrons. The molecule has 0 bridgehead atoms. The number of hydrogen-bond donors (Lipinski definition) is 1. The molecule has 0 saturated heterocycles. The fraction of sp³-hybridized carbons (Fsp3) is 0.333. The summed E-state index contributed by atoms with van der Waals surface area (Å²) in [6.45, 7) is 6.73. The van der Waals surface area contributed by atoms with Gasteiger partial charge in [0.25, 0.3) is 10.0 Å². The van der Waals surface area contributed by atoms with Crippen LogP contribution < -0.4 is 14.4 Å². The molecule has 3 aromatic carbocycles. The number of ether oxygens (including phenoxy) is 1. The predicted octanol–water partition coefficient (Wildman–Crippen LogP) is 4.67. The Bertz CT molecular complexity index is 1390. The van der Waals surface area contributed by atoms with Crippen LogP contribution in [0.15, 0.2) is 77.7 Å². The Kier molecular flexibility index (Phi) is 10.3. The molecule has 10 heteroatoms. The van der Waals surface area contributed by atoms with Crippen LogP contribution in [0.5, 0.6) is 5.75 Å². The number of rotatable bonds is 12. The Morgan fingerprint density at radius 2 is 1.55 bits per heavy atom. The number of aryl methyl sites for hydroxylation is 1. The molecule has 0 fully saturated rings. The SMILES string of the molecule is CC[C@@H](C(=O)NC(C)C)N(Cc1ccc(F)cc1)C(=O)CN(c1ccc(C)cc1)S(=O)(=O)c1ccc(OC)cc1. The van der Waals surface area contributed by atoms with Crippen molar-refractivity contribution in [1.82, 2.24) is 10.2 Å². The van der Waals surface area contributed by atoms with Crippen molar-refractivity contribution >= 4 is 27.5 Å². The highest BCUT2D eigenvalue weighted by atomic mass is 32.2. The van der Waals surface area contributed by atoms with Crippen LogP contribution in [0, 0.1) is 12.7 Å². The van der Waals surface area contributed by atoms with Crippen LogP contribution in [-0.2, 0) is 26.2 Å². The molecule has 1 N–H and O–H groups in total. The van der Waals surface area contributed by atoms with Gasteiger partial charge < -0.3 is 15.0 Å². The van der Waals surface area contributed by atoms with Gasteiger partial charge in [-0.05, 0) is 81.3 Å². The van der Waals surface area contributed by atoms with Crippen LogP contribution in [0.4, 0.5) is 10.1 Å². The van der Waals surface area contributed by atoms with Gasteiger partial charge in [-0.1, -0.05) is 36.8 Å². The quantitative estimate of drug-likeness (QED) is 0.342. The van der Waals surface area contributed by atoms with Crippen molar-refractivity contribution in [2.75, 3.05) is 18.0 Å². The molecule has 2 amide bonds. The van der Waals surface area contributed by atoms with E-state index < -0.39 is 34.3 Å². The van der Waals surface area contributed by atoms with Gasteiger partial charge in [-0.25, -0.2) is 12.8 Å². The lowest BCUT2D eigenvalue weighted by atomic mass is 10.1. The number of halogens is 1. The zero-order valence-electron chi connectivity index (χ0n) is 23.4. The average Bonchev–Trinajstić information content (AvgIpc) is 2.92. The summed E-state index contributed by atoms with van der Waals surface area (Å²) in [7, 11) is -2.71. The summed E-state index contributed by atoms with van der Waals surface area (Å²) < 4.78 is 47.5. The van der Waals surface area contributed by atoms with Gasteiger partial charge in [0.15, 0.2) is 0 Å². The van der Waals surface area contributed by atoms with Crippen molar-refractivity contribution in [3.8, 4) is 5.75 Å². The van der Waals surface area contributed by atoms with E-state index in [1.54, 1.807) is 31.2 Å². The Hall–Kier alpha value is -3.92. The molecule has 1 atom stereocenters. The Morgan fingerprint density at radius 3 is 2.08 bits per heavy atom. The van der Waals surface area contributed by atoms with E-state index in [1.165, 1.54) is 60.5 Å². The number of nitrogens with one attached hydrogen (secondary N) is 1. The first-order valence-electron chi connectivity index (χ1n) is 13.0.